The van der Waals surface area contributed by atoms with E-state index in [1.807, 2.05) is 6.08 Å². The molecule has 5 aromatic carbocycles. The summed E-state index contributed by atoms with van der Waals surface area (Å²) in [6.45, 7) is 6.05. The minimum atomic E-state index is 1.07. The molecule has 0 aliphatic heterocycles. The van der Waals surface area contributed by atoms with Crippen molar-refractivity contribution in [2.24, 2.45) is 0 Å². The third-order valence-corrected chi connectivity index (χ3v) is 6.64. The summed E-state index contributed by atoms with van der Waals surface area (Å²) in [7, 11) is 0. The Morgan fingerprint density at radius 1 is 0.706 bits per heavy atom. The third-order valence-electron chi connectivity index (χ3n) is 6.64. The monoisotopic (exact) mass is 435 g/mol. The van der Waals surface area contributed by atoms with E-state index < -0.39 is 0 Å². The van der Waals surface area contributed by atoms with Crippen molar-refractivity contribution < 1.29 is 0 Å². The second-order valence-electron chi connectivity index (χ2n) is 8.60. The van der Waals surface area contributed by atoms with Gasteiger partial charge in [0.2, 0.25) is 0 Å². The number of anilines is 2. The minimum Gasteiger partial charge on any atom is -0.310 e. The van der Waals surface area contributed by atoms with Gasteiger partial charge < -0.3 is 4.90 Å². The standard InChI is InChI=1S/C33H25N/c1-3-10-25(11-4-2)34(26-19-18-23-12-5-6-13-24(23)22-26)32-21-20-30-28-15-8-7-14-27(28)29-16-9-17-31(32)33(29)30/h3-22H,1H2,2H3. The number of fused-ring (bicyclic) bond motifs is 4. The molecule has 1 aliphatic rings. The molecule has 0 unspecified atom stereocenters. The normalized spacial score (nSPS) is 12.4. The topological polar surface area (TPSA) is 3.24 Å². The smallest absolute Gasteiger partial charge is 0.0540 e. The average Bonchev–Trinajstić information content (AvgIpc) is 3.21. The molecule has 0 N–H and O–H groups in total. The van der Waals surface area contributed by atoms with Crippen LogP contribution in [0.25, 0.3) is 43.8 Å². The van der Waals surface area contributed by atoms with Gasteiger partial charge in [-0.2, -0.15) is 0 Å². The van der Waals surface area contributed by atoms with Crippen molar-refractivity contribution in [3.8, 4) is 22.3 Å². The first kappa shape index (κ1) is 20.3. The Kier molecular flexibility index (Phi) is 4.89. The van der Waals surface area contributed by atoms with Crippen LogP contribution in [0.3, 0.4) is 0 Å². The zero-order chi connectivity index (χ0) is 23.1. The molecule has 5 aromatic rings. The van der Waals surface area contributed by atoms with Crippen LogP contribution in [-0.2, 0) is 0 Å². The number of nitrogens with zero attached hydrogens (tertiary/aromatic N) is 1. The first-order valence-electron chi connectivity index (χ1n) is 11.7. The molecule has 0 atom stereocenters. The summed E-state index contributed by atoms with van der Waals surface area (Å²) < 4.78 is 0. The molecule has 0 spiro atoms. The van der Waals surface area contributed by atoms with E-state index in [2.05, 4.69) is 134 Å². The van der Waals surface area contributed by atoms with Crippen molar-refractivity contribution in [3.63, 3.8) is 0 Å². The molecule has 34 heavy (non-hydrogen) atoms. The SMILES string of the molecule is C=CC=C(C=CC)N(c1ccc2ccccc2c1)c1ccc2c3c(cccc13)-c1ccccc1-2. The lowest BCUT2D eigenvalue weighted by molar-refractivity contribution is 1.22. The average molecular weight is 436 g/mol. The Morgan fingerprint density at radius 3 is 2.18 bits per heavy atom. The maximum absolute atomic E-state index is 3.99. The van der Waals surface area contributed by atoms with Gasteiger partial charge in [0.25, 0.3) is 0 Å². The summed E-state index contributed by atoms with van der Waals surface area (Å²) in [6, 6.07) is 35.1. The van der Waals surface area contributed by atoms with Gasteiger partial charge in [-0.1, -0.05) is 97.6 Å². The van der Waals surface area contributed by atoms with Gasteiger partial charge in [-0.05, 0) is 75.7 Å². The van der Waals surface area contributed by atoms with Gasteiger partial charge >= 0.3 is 0 Å². The highest BCUT2D eigenvalue weighted by Gasteiger charge is 2.24. The third kappa shape index (κ3) is 3.09. The van der Waals surface area contributed by atoms with Crippen LogP contribution in [0, 0.1) is 0 Å². The van der Waals surface area contributed by atoms with Crippen LogP contribution in [0.5, 0.6) is 0 Å². The summed E-state index contributed by atoms with van der Waals surface area (Å²) in [6.07, 6.45) is 8.17. The van der Waals surface area contributed by atoms with Crippen LogP contribution in [-0.4, -0.2) is 0 Å². The highest BCUT2D eigenvalue weighted by molar-refractivity contribution is 6.18. The van der Waals surface area contributed by atoms with E-state index in [0.717, 1.165) is 17.1 Å². The molecule has 1 heteroatoms. The van der Waals surface area contributed by atoms with Gasteiger partial charge in [0, 0.05) is 16.8 Å². The number of allylic oxidation sites excluding steroid dienone is 4. The van der Waals surface area contributed by atoms with Crippen LogP contribution >= 0.6 is 0 Å². The molecule has 0 radical (unpaired) electrons. The molecular formula is C33H25N. The van der Waals surface area contributed by atoms with Crippen molar-refractivity contribution in [1.82, 2.24) is 0 Å². The van der Waals surface area contributed by atoms with Gasteiger partial charge in [-0.25, -0.2) is 0 Å². The highest BCUT2D eigenvalue weighted by Crippen LogP contribution is 2.50. The van der Waals surface area contributed by atoms with Crippen LogP contribution in [0.15, 0.2) is 134 Å². The first-order chi connectivity index (χ1) is 16.8. The number of benzene rings is 5. The van der Waals surface area contributed by atoms with Crippen LogP contribution in [0.4, 0.5) is 11.4 Å². The van der Waals surface area contributed by atoms with Gasteiger partial charge in [-0.15, -0.1) is 0 Å². The maximum atomic E-state index is 3.99. The lowest BCUT2D eigenvalue weighted by atomic mass is 10.00. The molecule has 1 nitrogen and oxygen atoms in total. The van der Waals surface area contributed by atoms with E-state index in [1.165, 1.54) is 43.8 Å². The highest BCUT2D eigenvalue weighted by atomic mass is 15.1. The molecule has 162 valence electrons. The fourth-order valence-corrected chi connectivity index (χ4v) is 5.23. The van der Waals surface area contributed by atoms with Crippen molar-refractivity contribution >= 4 is 32.9 Å². The quantitative estimate of drug-likeness (QED) is 0.244. The zero-order valence-electron chi connectivity index (χ0n) is 19.2. The maximum Gasteiger partial charge on any atom is 0.0540 e. The molecule has 1 aliphatic carbocycles. The molecule has 0 aromatic heterocycles. The van der Waals surface area contributed by atoms with E-state index in [4.69, 9.17) is 0 Å². The van der Waals surface area contributed by atoms with Gasteiger partial charge in [-0.3, -0.25) is 0 Å². The van der Waals surface area contributed by atoms with Crippen molar-refractivity contribution in [1.29, 1.82) is 0 Å². The largest absolute Gasteiger partial charge is 0.310 e. The van der Waals surface area contributed by atoms with E-state index >= 15 is 0 Å². The summed E-state index contributed by atoms with van der Waals surface area (Å²) in [4.78, 5) is 2.35. The molecule has 0 amide bonds. The Labute approximate surface area is 200 Å². The summed E-state index contributed by atoms with van der Waals surface area (Å²) in [5, 5.41) is 5.04. The van der Waals surface area contributed by atoms with E-state index in [1.54, 1.807) is 0 Å². The van der Waals surface area contributed by atoms with Gasteiger partial charge in [0.15, 0.2) is 0 Å². The van der Waals surface area contributed by atoms with Crippen molar-refractivity contribution in [3.05, 3.63) is 134 Å². The molecular weight excluding hydrogens is 410 g/mol. The Balaban J connectivity index is 1.65. The molecule has 0 saturated carbocycles. The van der Waals surface area contributed by atoms with E-state index in [0.29, 0.717) is 0 Å². The van der Waals surface area contributed by atoms with Gasteiger partial charge in [0.05, 0.1) is 5.69 Å². The lowest BCUT2D eigenvalue weighted by Gasteiger charge is -2.28. The van der Waals surface area contributed by atoms with Crippen molar-refractivity contribution in [2.75, 3.05) is 4.90 Å². The summed E-state index contributed by atoms with van der Waals surface area (Å²) >= 11 is 0. The van der Waals surface area contributed by atoms with Gasteiger partial charge in [0.1, 0.15) is 0 Å². The Hall–Kier alpha value is -4.36. The molecule has 0 saturated heterocycles. The predicted molar refractivity (Wildman–Crippen MR) is 148 cm³/mol. The summed E-state index contributed by atoms with van der Waals surface area (Å²) in [5.74, 6) is 0. The Bertz CT molecular complexity index is 1600. The first-order valence-corrected chi connectivity index (χ1v) is 11.7. The fraction of sp³-hybridized carbons (Fsp3) is 0.0303. The van der Waals surface area contributed by atoms with E-state index in [9.17, 15) is 0 Å². The van der Waals surface area contributed by atoms with Crippen LogP contribution < -0.4 is 4.90 Å². The second-order valence-corrected chi connectivity index (χ2v) is 8.60. The zero-order valence-corrected chi connectivity index (χ0v) is 19.2. The number of rotatable bonds is 5. The number of hydrogen-bond acceptors (Lipinski definition) is 1. The Morgan fingerprint density at radius 2 is 1.41 bits per heavy atom. The number of hydrogen-bond donors (Lipinski definition) is 0. The second kappa shape index (κ2) is 8.20. The molecule has 0 fully saturated rings. The summed E-state index contributed by atoms with van der Waals surface area (Å²) in [5.41, 5.74) is 8.60. The fourth-order valence-electron chi connectivity index (χ4n) is 5.23. The van der Waals surface area contributed by atoms with Crippen LogP contribution in [0.1, 0.15) is 6.92 Å². The lowest BCUT2D eigenvalue weighted by Crippen LogP contribution is -2.15. The molecule has 0 heterocycles. The predicted octanol–water partition coefficient (Wildman–Crippen LogP) is 9.42. The minimum absolute atomic E-state index is 1.07. The van der Waals surface area contributed by atoms with Crippen LogP contribution in [0.2, 0.25) is 0 Å². The molecule has 6 rings (SSSR count). The van der Waals surface area contributed by atoms with E-state index in [-0.39, 0.29) is 0 Å². The van der Waals surface area contributed by atoms with Crippen molar-refractivity contribution in [2.45, 2.75) is 6.92 Å². The molecule has 0 bridgehead atoms.